The monoisotopic (exact) mass is 594 g/mol. The lowest BCUT2D eigenvalue weighted by atomic mass is 9.84. The van der Waals surface area contributed by atoms with Gasteiger partial charge in [-0.25, -0.2) is 9.97 Å². The molecule has 4 aliphatic rings. The van der Waals surface area contributed by atoms with Crippen molar-refractivity contribution < 1.29 is 14.7 Å². The quantitative estimate of drug-likeness (QED) is 0.445. The highest BCUT2D eigenvalue weighted by Crippen LogP contribution is 2.30. The number of benzene rings is 2. The van der Waals surface area contributed by atoms with Crippen LogP contribution in [-0.4, -0.2) is 92.5 Å². The van der Waals surface area contributed by atoms with E-state index in [1.54, 1.807) is 11.0 Å². The van der Waals surface area contributed by atoms with Crippen LogP contribution in [0.5, 0.6) is 0 Å². The summed E-state index contributed by atoms with van der Waals surface area (Å²) in [5.74, 6) is 1.47. The molecular formula is C35H42N6O3. The molecule has 0 unspecified atom stereocenters. The van der Waals surface area contributed by atoms with E-state index in [-0.39, 0.29) is 30.5 Å². The number of hydrogen-bond acceptors (Lipinski definition) is 7. The number of piperidine rings is 2. The second-order valence-corrected chi connectivity index (χ2v) is 12.9. The van der Waals surface area contributed by atoms with E-state index in [1.807, 2.05) is 35.2 Å². The van der Waals surface area contributed by atoms with Crippen molar-refractivity contribution in [2.75, 3.05) is 38.0 Å². The smallest absolute Gasteiger partial charge is 0.272 e. The summed E-state index contributed by atoms with van der Waals surface area (Å²) in [7, 11) is 0. The Labute approximate surface area is 259 Å². The highest BCUT2D eigenvalue weighted by atomic mass is 16.3. The molecule has 230 valence electrons. The predicted octanol–water partition coefficient (Wildman–Crippen LogP) is 3.98. The minimum Gasteiger partial charge on any atom is -0.390 e. The molecule has 2 saturated heterocycles. The van der Waals surface area contributed by atoms with E-state index in [4.69, 9.17) is 9.97 Å². The van der Waals surface area contributed by atoms with Gasteiger partial charge in [-0.2, -0.15) is 0 Å². The van der Waals surface area contributed by atoms with Crippen molar-refractivity contribution in [1.29, 1.82) is 0 Å². The van der Waals surface area contributed by atoms with Gasteiger partial charge in [-0.1, -0.05) is 61.0 Å². The van der Waals surface area contributed by atoms with E-state index in [1.165, 1.54) is 11.1 Å². The van der Waals surface area contributed by atoms with Crippen molar-refractivity contribution >= 4 is 17.6 Å². The number of carbonyl (C=O) groups is 2. The molecule has 2 N–H and O–H groups in total. The third-order valence-corrected chi connectivity index (χ3v) is 10.1. The lowest BCUT2D eigenvalue weighted by Gasteiger charge is -2.43. The number of hydrogen-bond donors (Lipinski definition) is 2. The molecule has 2 atom stereocenters. The summed E-state index contributed by atoms with van der Waals surface area (Å²) in [5, 5.41) is 14.8. The molecule has 3 aromatic rings. The van der Waals surface area contributed by atoms with E-state index in [2.05, 4.69) is 34.5 Å². The Bertz CT molecular complexity index is 1490. The Hall–Kier alpha value is -3.82. The molecule has 9 nitrogen and oxygen atoms in total. The van der Waals surface area contributed by atoms with Crippen molar-refractivity contribution in [3.63, 3.8) is 0 Å². The maximum Gasteiger partial charge on any atom is 0.272 e. The van der Waals surface area contributed by atoms with Gasteiger partial charge in [-0.05, 0) is 49.7 Å². The first kappa shape index (κ1) is 28.9. The number of amides is 2. The largest absolute Gasteiger partial charge is 0.390 e. The highest BCUT2D eigenvalue weighted by molar-refractivity contribution is 5.93. The lowest BCUT2D eigenvalue weighted by Crippen LogP contribution is -2.56. The molecule has 2 amide bonds. The van der Waals surface area contributed by atoms with Crippen LogP contribution in [0.2, 0.25) is 0 Å². The number of carbonyl (C=O) groups excluding carboxylic acids is 2. The van der Waals surface area contributed by atoms with Crippen LogP contribution in [0.15, 0.2) is 60.7 Å². The standard InChI is InChI=1S/C35H42N6O3/c42-31-23-41(20-16-30(31)40-17-13-24-7-4-5-10-27(24)22-40)35(44)29-21-32(38-33(37-29)25-8-2-1-3-9-25)36-28-14-18-39(19-15-28)34(43)26-11-6-12-26/h1-5,7-10,21,26,28,30-31,42H,6,11-20,22-23H2,(H,36,37,38)/t30-,31-/m1/s1. The first-order valence-corrected chi connectivity index (χ1v) is 16.3. The van der Waals surface area contributed by atoms with E-state index in [9.17, 15) is 14.7 Å². The molecule has 3 fully saturated rings. The van der Waals surface area contributed by atoms with Gasteiger partial charge in [-0.15, -0.1) is 0 Å². The number of anilines is 1. The summed E-state index contributed by atoms with van der Waals surface area (Å²) in [6.45, 7) is 4.08. The SMILES string of the molecule is O=C(c1cc(NC2CCN(C(=O)C3CCC3)CC2)nc(-c2ccccc2)n1)N1CC[C@@H](N2CCc3ccccc3C2)[C@H](O)C1. The number of β-amino-alcohol motifs (C(OH)–C–C–N with tert-alkyl or cyclic N) is 1. The topological polar surface area (TPSA) is 102 Å². The summed E-state index contributed by atoms with van der Waals surface area (Å²) in [5.41, 5.74) is 3.89. The zero-order chi connectivity index (χ0) is 30.0. The van der Waals surface area contributed by atoms with E-state index in [0.717, 1.165) is 76.7 Å². The number of likely N-dealkylation sites (tertiary alicyclic amines) is 2. The first-order chi connectivity index (χ1) is 21.5. The number of nitrogens with zero attached hydrogens (tertiary/aromatic N) is 5. The number of aromatic nitrogens is 2. The van der Waals surface area contributed by atoms with Crippen molar-refractivity contribution in [3.8, 4) is 11.4 Å². The van der Waals surface area contributed by atoms with E-state index in [0.29, 0.717) is 29.8 Å². The summed E-state index contributed by atoms with van der Waals surface area (Å²) < 4.78 is 0. The maximum atomic E-state index is 13.9. The van der Waals surface area contributed by atoms with Crippen LogP contribution in [0.1, 0.15) is 60.1 Å². The van der Waals surface area contributed by atoms with E-state index < -0.39 is 6.10 Å². The molecular weight excluding hydrogens is 552 g/mol. The van der Waals surface area contributed by atoms with Crippen molar-refractivity contribution in [1.82, 2.24) is 24.7 Å². The van der Waals surface area contributed by atoms with Crippen LogP contribution in [-0.2, 0) is 17.8 Å². The van der Waals surface area contributed by atoms with Crippen LogP contribution < -0.4 is 5.32 Å². The fourth-order valence-electron chi connectivity index (χ4n) is 7.21. The molecule has 1 aliphatic carbocycles. The summed E-state index contributed by atoms with van der Waals surface area (Å²) in [6, 6.07) is 20.2. The second kappa shape index (κ2) is 12.7. The fraction of sp³-hybridized carbons (Fsp3) is 0.486. The van der Waals surface area contributed by atoms with Crippen molar-refractivity contribution in [2.45, 2.75) is 69.7 Å². The minimum atomic E-state index is -0.626. The van der Waals surface area contributed by atoms with Crippen LogP contribution >= 0.6 is 0 Å². The predicted molar refractivity (Wildman–Crippen MR) is 169 cm³/mol. The molecule has 0 radical (unpaired) electrons. The maximum absolute atomic E-state index is 13.9. The van der Waals surface area contributed by atoms with Crippen molar-refractivity contribution in [3.05, 3.63) is 77.5 Å². The average Bonchev–Trinajstić information content (AvgIpc) is 3.04. The molecule has 9 heteroatoms. The van der Waals surface area contributed by atoms with Gasteiger partial charge in [0.05, 0.1) is 6.10 Å². The second-order valence-electron chi connectivity index (χ2n) is 12.9. The average molecular weight is 595 g/mol. The number of aliphatic hydroxyl groups excluding tert-OH is 1. The Kier molecular flexibility index (Phi) is 8.32. The molecule has 2 aromatic carbocycles. The Morgan fingerprint density at radius 2 is 1.55 bits per heavy atom. The molecule has 7 rings (SSSR count). The molecule has 44 heavy (non-hydrogen) atoms. The number of aliphatic hydroxyl groups is 1. The van der Waals surface area contributed by atoms with Crippen LogP contribution in [0.4, 0.5) is 5.82 Å². The zero-order valence-electron chi connectivity index (χ0n) is 25.3. The minimum absolute atomic E-state index is 0.0250. The molecule has 1 aromatic heterocycles. The highest BCUT2D eigenvalue weighted by Gasteiger charge is 2.36. The van der Waals surface area contributed by atoms with Gasteiger partial charge in [0.15, 0.2) is 5.82 Å². The van der Waals surface area contributed by atoms with Crippen LogP contribution in [0.25, 0.3) is 11.4 Å². The fourth-order valence-corrected chi connectivity index (χ4v) is 7.21. The molecule has 0 bridgehead atoms. The van der Waals surface area contributed by atoms with Crippen molar-refractivity contribution in [2.24, 2.45) is 5.92 Å². The zero-order valence-corrected chi connectivity index (χ0v) is 25.3. The number of nitrogens with one attached hydrogen (secondary N) is 1. The van der Waals surface area contributed by atoms with Gasteiger partial charge in [0.25, 0.3) is 5.91 Å². The Morgan fingerprint density at radius 3 is 2.27 bits per heavy atom. The van der Waals surface area contributed by atoms with E-state index >= 15 is 0 Å². The van der Waals surface area contributed by atoms with Gasteiger partial charge < -0.3 is 20.2 Å². The molecule has 4 heterocycles. The van der Waals surface area contributed by atoms with Gasteiger partial charge >= 0.3 is 0 Å². The van der Waals surface area contributed by atoms with Crippen LogP contribution in [0.3, 0.4) is 0 Å². The summed E-state index contributed by atoms with van der Waals surface area (Å²) >= 11 is 0. The molecule has 0 spiro atoms. The molecule has 3 aliphatic heterocycles. The number of fused-ring (bicyclic) bond motifs is 1. The number of rotatable bonds is 6. The van der Waals surface area contributed by atoms with Gasteiger partial charge in [0.2, 0.25) is 5.91 Å². The van der Waals surface area contributed by atoms with Gasteiger partial charge in [0, 0.05) is 68.9 Å². The van der Waals surface area contributed by atoms with Gasteiger partial charge in [0.1, 0.15) is 11.5 Å². The summed E-state index contributed by atoms with van der Waals surface area (Å²) in [6.07, 6.45) is 5.97. The van der Waals surface area contributed by atoms with Crippen LogP contribution in [0, 0.1) is 5.92 Å². The first-order valence-electron chi connectivity index (χ1n) is 16.3. The molecule has 1 saturated carbocycles. The van der Waals surface area contributed by atoms with Gasteiger partial charge in [-0.3, -0.25) is 14.5 Å². The normalized spacial score (nSPS) is 23.1. The Balaban J connectivity index is 1.04. The third-order valence-electron chi connectivity index (χ3n) is 10.1. The third kappa shape index (κ3) is 6.08. The lowest BCUT2D eigenvalue weighted by molar-refractivity contribution is -0.139. The Morgan fingerprint density at radius 1 is 0.818 bits per heavy atom. The summed E-state index contributed by atoms with van der Waals surface area (Å²) in [4.78, 5) is 42.3.